The lowest BCUT2D eigenvalue weighted by atomic mass is 10.1. The summed E-state index contributed by atoms with van der Waals surface area (Å²) in [5, 5.41) is 0.720. The fraction of sp³-hybridized carbons (Fsp3) is 0.357. The molecule has 7 heteroatoms. The average molecular weight is 332 g/mol. The molecule has 0 bridgehead atoms. The zero-order chi connectivity index (χ0) is 15.8. The van der Waals surface area contributed by atoms with Gasteiger partial charge in [-0.1, -0.05) is 23.2 Å². The second-order valence-corrected chi connectivity index (χ2v) is 4.67. The van der Waals surface area contributed by atoms with E-state index in [9.17, 15) is 9.59 Å². The first-order valence-corrected chi connectivity index (χ1v) is 7.07. The van der Waals surface area contributed by atoms with Crippen LogP contribution in [0.2, 0.25) is 10.0 Å². The van der Waals surface area contributed by atoms with Gasteiger partial charge in [-0.25, -0.2) is 0 Å². The summed E-state index contributed by atoms with van der Waals surface area (Å²) in [6.45, 7) is 3.62. The molecule has 0 aliphatic heterocycles. The molecular weight excluding hydrogens is 317 g/mol. The van der Waals surface area contributed by atoms with Crippen LogP contribution in [-0.2, 0) is 19.1 Å². The van der Waals surface area contributed by atoms with Crippen LogP contribution in [0, 0.1) is 5.92 Å². The van der Waals surface area contributed by atoms with Gasteiger partial charge in [0.05, 0.1) is 28.9 Å². The smallest absolute Gasteiger partial charge is 0.325 e. The first-order valence-electron chi connectivity index (χ1n) is 6.32. The summed E-state index contributed by atoms with van der Waals surface area (Å²) in [6.07, 6.45) is 1.18. The van der Waals surface area contributed by atoms with Gasteiger partial charge in [-0.3, -0.25) is 14.6 Å². The Morgan fingerprint density at radius 2 is 1.71 bits per heavy atom. The molecule has 5 nitrogen and oxygen atoms in total. The maximum Gasteiger partial charge on any atom is 0.325 e. The normalized spacial score (nSPS) is 10.9. The lowest BCUT2D eigenvalue weighted by Gasteiger charge is -2.10. The number of carbonyl (C=O) groups is 2. The molecule has 21 heavy (non-hydrogen) atoms. The highest BCUT2D eigenvalue weighted by atomic mass is 35.5. The molecule has 0 saturated heterocycles. The van der Waals surface area contributed by atoms with Crippen molar-refractivity contribution in [3.8, 4) is 0 Å². The van der Waals surface area contributed by atoms with Gasteiger partial charge >= 0.3 is 11.9 Å². The second-order valence-electron chi connectivity index (χ2n) is 3.86. The highest BCUT2D eigenvalue weighted by Gasteiger charge is 2.27. The van der Waals surface area contributed by atoms with Crippen molar-refractivity contribution in [3.05, 3.63) is 28.2 Å². The van der Waals surface area contributed by atoms with Crippen molar-refractivity contribution in [1.29, 1.82) is 0 Å². The van der Waals surface area contributed by atoms with Gasteiger partial charge in [0.15, 0.2) is 5.92 Å². The monoisotopic (exact) mass is 331 g/mol. The van der Waals surface area contributed by atoms with Gasteiger partial charge in [-0.15, -0.1) is 0 Å². The van der Waals surface area contributed by atoms with Crippen LogP contribution >= 0.6 is 23.2 Å². The van der Waals surface area contributed by atoms with Crippen LogP contribution in [0.1, 0.15) is 13.8 Å². The molecule has 0 aliphatic rings. The Morgan fingerprint density at radius 1 is 1.14 bits per heavy atom. The van der Waals surface area contributed by atoms with Crippen LogP contribution in [0.3, 0.4) is 0 Å². The molecule has 0 aliphatic carbocycles. The third kappa shape index (κ3) is 5.36. The van der Waals surface area contributed by atoms with Gasteiger partial charge < -0.3 is 9.47 Å². The zero-order valence-corrected chi connectivity index (χ0v) is 13.1. The summed E-state index contributed by atoms with van der Waals surface area (Å²) in [4.78, 5) is 27.5. The number of esters is 2. The van der Waals surface area contributed by atoms with Gasteiger partial charge in [0.1, 0.15) is 0 Å². The van der Waals surface area contributed by atoms with Crippen molar-refractivity contribution >= 4 is 47.0 Å². The molecular formula is C14H15Cl2NO4. The summed E-state index contributed by atoms with van der Waals surface area (Å²) in [5.41, 5.74) is 0.461. The minimum atomic E-state index is -1.21. The summed E-state index contributed by atoms with van der Waals surface area (Å²) in [6, 6.07) is 4.70. The number of rotatable bonds is 6. The third-order valence-corrected chi connectivity index (χ3v) is 3.10. The Labute approximate surface area is 132 Å². The molecule has 0 aromatic heterocycles. The number of hydrogen-bond donors (Lipinski definition) is 0. The summed E-state index contributed by atoms with van der Waals surface area (Å²) in [7, 11) is 0. The van der Waals surface area contributed by atoms with E-state index in [4.69, 9.17) is 32.7 Å². The number of nitrogens with zero attached hydrogens (tertiary/aromatic N) is 1. The van der Waals surface area contributed by atoms with Gasteiger partial charge in [-0.05, 0) is 32.0 Å². The van der Waals surface area contributed by atoms with Crippen LogP contribution < -0.4 is 0 Å². The molecule has 0 heterocycles. The van der Waals surface area contributed by atoms with E-state index >= 15 is 0 Å². The molecule has 0 saturated carbocycles. The summed E-state index contributed by atoms with van der Waals surface area (Å²) in [5.74, 6) is -2.63. The van der Waals surface area contributed by atoms with E-state index in [-0.39, 0.29) is 13.2 Å². The molecule has 0 atom stereocenters. The maximum absolute atomic E-state index is 11.7. The third-order valence-electron chi connectivity index (χ3n) is 2.36. The van der Waals surface area contributed by atoms with E-state index in [2.05, 4.69) is 4.99 Å². The second kappa shape index (κ2) is 8.64. The Bertz CT molecular complexity index is 528. The highest BCUT2D eigenvalue weighted by molar-refractivity contribution is 6.42. The van der Waals surface area contributed by atoms with E-state index < -0.39 is 17.9 Å². The topological polar surface area (TPSA) is 65.0 Å². The fourth-order valence-electron chi connectivity index (χ4n) is 1.41. The standard InChI is InChI=1S/C14H15Cl2NO4/c1-3-20-13(18)10(14(19)21-4-2)8-17-9-5-6-11(15)12(16)7-9/h5-8,10H,3-4H2,1-2H3. The Hall–Kier alpha value is -1.59. The van der Waals surface area contributed by atoms with E-state index in [1.54, 1.807) is 26.0 Å². The molecule has 0 fully saturated rings. The number of halogens is 2. The molecule has 1 aromatic carbocycles. The Morgan fingerprint density at radius 3 is 2.19 bits per heavy atom. The number of benzene rings is 1. The van der Waals surface area contributed by atoms with Crippen molar-refractivity contribution in [3.63, 3.8) is 0 Å². The van der Waals surface area contributed by atoms with Crippen molar-refractivity contribution in [2.75, 3.05) is 13.2 Å². The van der Waals surface area contributed by atoms with Crippen LogP contribution in [-0.4, -0.2) is 31.4 Å². The SMILES string of the molecule is CCOC(=O)C(C=Nc1ccc(Cl)c(Cl)c1)C(=O)OCC. The van der Waals surface area contributed by atoms with Crippen molar-refractivity contribution in [2.24, 2.45) is 10.9 Å². The maximum atomic E-state index is 11.7. The molecule has 0 radical (unpaired) electrons. The van der Waals surface area contributed by atoms with E-state index in [0.29, 0.717) is 15.7 Å². The van der Waals surface area contributed by atoms with E-state index in [1.807, 2.05) is 0 Å². The highest BCUT2D eigenvalue weighted by Crippen LogP contribution is 2.26. The number of aliphatic imine (C=N–C) groups is 1. The average Bonchev–Trinajstić information content (AvgIpc) is 2.43. The molecule has 0 N–H and O–H groups in total. The number of hydrogen-bond acceptors (Lipinski definition) is 5. The number of carbonyl (C=O) groups excluding carboxylic acids is 2. The van der Waals surface area contributed by atoms with Crippen LogP contribution in [0.4, 0.5) is 5.69 Å². The minimum absolute atomic E-state index is 0.162. The van der Waals surface area contributed by atoms with Crippen molar-refractivity contribution < 1.29 is 19.1 Å². The molecule has 0 unspecified atom stereocenters. The molecule has 1 rings (SSSR count). The summed E-state index contributed by atoms with van der Waals surface area (Å²) >= 11 is 11.7. The van der Waals surface area contributed by atoms with E-state index in [1.165, 1.54) is 12.3 Å². The molecule has 0 amide bonds. The van der Waals surface area contributed by atoms with Crippen molar-refractivity contribution in [1.82, 2.24) is 0 Å². The zero-order valence-electron chi connectivity index (χ0n) is 11.6. The predicted octanol–water partition coefficient (Wildman–Crippen LogP) is 3.44. The van der Waals surface area contributed by atoms with Crippen LogP contribution in [0.15, 0.2) is 23.2 Å². The Kier molecular flexibility index (Phi) is 7.19. The van der Waals surface area contributed by atoms with Gasteiger partial charge in [0.2, 0.25) is 0 Å². The first-order chi connectivity index (χ1) is 9.99. The van der Waals surface area contributed by atoms with Crippen LogP contribution in [0.25, 0.3) is 0 Å². The quantitative estimate of drug-likeness (QED) is 0.455. The van der Waals surface area contributed by atoms with Crippen molar-refractivity contribution in [2.45, 2.75) is 13.8 Å². The Balaban J connectivity index is 2.93. The van der Waals surface area contributed by atoms with Gasteiger partial charge in [0, 0.05) is 6.21 Å². The van der Waals surface area contributed by atoms with Gasteiger partial charge in [0.25, 0.3) is 0 Å². The minimum Gasteiger partial charge on any atom is -0.465 e. The van der Waals surface area contributed by atoms with E-state index in [0.717, 1.165) is 0 Å². The van der Waals surface area contributed by atoms with Crippen LogP contribution in [0.5, 0.6) is 0 Å². The molecule has 0 spiro atoms. The first kappa shape index (κ1) is 17.5. The largest absolute Gasteiger partial charge is 0.465 e. The lowest BCUT2D eigenvalue weighted by molar-refractivity contribution is -0.157. The fourth-order valence-corrected chi connectivity index (χ4v) is 1.70. The molecule has 1 aromatic rings. The number of ether oxygens (including phenoxy) is 2. The molecule has 114 valence electrons. The van der Waals surface area contributed by atoms with Gasteiger partial charge in [-0.2, -0.15) is 0 Å². The summed E-state index contributed by atoms with van der Waals surface area (Å²) < 4.78 is 9.65. The predicted molar refractivity (Wildman–Crippen MR) is 81.4 cm³/mol. The lowest BCUT2D eigenvalue weighted by Crippen LogP contribution is -2.29.